The summed E-state index contributed by atoms with van der Waals surface area (Å²) in [5, 5.41) is 2.34. The van der Waals surface area contributed by atoms with Crippen molar-refractivity contribution < 1.29 is 4.79 Å². The molecule has 2 aromatic rings. The Kier molecular flexibility index (Phi) is 3.24. The van der Waals surface area contributed by atoms with Crippen molar-refractivity contribution >= 4 is 22.3 Å². The van der Waals surface area contributed by atoms with E-state index in [4.69, 9.17) is 5.73 Å². The highest BCUT2D eigenvalue weighted by molar-refractivity contribution is 7.13. The monoisotopic (exact) mass is 246 g/mol. The molecule has 0 saturated carbocycles. The van der Waals surface area contributed by atoms with Gasteiger partial charge in [0.2, 0.25) is 0 Å². The van der Waals surface area contributed by atoms with E-state index in [0.717, 1.165) is 22.4 Å². The van der Waals surface area contributed by atoms with Crippen molar-refractivity contribution in [1.82, 2.24) is 4.98 Å². The number of carbonyl (C=O) groups excluding carboxylic acids is 1. The van der Waals surface area contributed by atoms with E-state index in [-0.39, 0.29) is 5.78 Å². The van der Waals surface area contributed by atoms with E-state index in [9.17, 15) is 4.79 Å². The number of hydrogen-bond acceptors (Lipinski definition) is 4. The number of ketones is 1. The van der Waals surface area contributed by atoms with E-state index in [0.29, 0.717) is 11.6 Å². The van der Waals surface area contributed by atoms with Crippen LogP contribution in [0.5, 0.6) is 0 Å². The largest absolute Gasteiger partial charge is 0.375 e. The van der Waals surface area contributed by atoms with Gasteiger partial charge in [-0.05, 0) is 19.4 Å². The molecule has 1 aromatic carbocycles. The second-order valence-electron chi connectivity index (χ2n) is 4.10. The van der Waals surface area contributed by atoms with Gasteiger partial charge >= 0.3 is 0 Å². The molecule has 88 valence electrons. The third-order valence-corrected chi connectivity index (χ3v) is 3.32. The van der Waals surface area contributed by atoms with Gasteiger partial charge in [0.05, 0.1) is 12.1 Å². The molecular weight excluding hydrogens is 232 g/mol. The standard InChI is InChI=1S/C13H14N2OS/c1-8-3-4-11(9(2)5-8)12(16)6-10-7-17-13(14)15-10/h3-5,7H,6H2,1-2H3,(H2,14,15). The van der Waals surface area contributed by atoms with Gasteiger partial charge in [-0.2, -0.15) is 0 Å². The number of Topliss-reactive ketones (excluding diaryl/α,β-unsaturated/α-hetero) is 1. The first kappa shape index (κ1) is 11.8. The number of nitrogens with two attached hydrogens (primary N) is 1. The molecule has 0 amide bonds. The molecule has 0 aliphatic heterocycles. The molecule has 1 aromatic heterocycles. The van der Waals surface area contributed by atoms with E-state index in [1.165, 1.54) is 11.3 Å². The molecule has 0 unspecified atom stereocenters. The average Bonchev–Trinajstić information content (AvgIpc) is 2.63. The molecule has 0 saturated heterocycles. The zero-order chi connectivity index (χ0) is 12.4. The van der Waals surface area contributed by atoms with Gasteiger partial charge in [-0.25, -0.2) is 4.98 Å². The van der Waals surface area contributed by atoms with Crippen LogP contribution in [0, 0.1) is 13.8 Å². The van der Waals surface area contributed by atoms with E-state index < -0.39 is 0 Å². The maximum atomic E-state index is 12.1. The minimum Gasteiger partial charge on any atom is -0.375 e. The zero-order valence-corrected chi connectivity index (χ0v) is 10.7. The van der Waals surface area contributed by atoms with Crippen LogP contribution >= 0.6 is 11.3 Å². The number of hydrogen-bond donors (Lipinski definition) is 1. The van der Waals surface area contributed by atoms with E-state index in [1.54, 1.807) is 0 Å². The van der Waals surface area contributed by atoms with Gasteiger partial charge in [-0.15, -0.1) is 11.3 Å². The van der Waals surface area contributed by atoms with Crippen molar-refractivity contribution in [2.24, 2.45) is 0 Å². The van der Waals surface area contributed by atoms with Crippen LogP contribution in [0.3, 0.4) is 0 Å². The molecular formula is C13H14N2OS. The van der Waals surface area contributed by atoms with E-state index in [2.05, 4.69) is 4.98 Å². The summed E-state index contributed by atoms with van der Waals surface area (Å²) in [5.41, 5.74) is 9.23. The second-order valence-corrected chi connectivity index (χ2v) is 4.99. The highest BCUT2D eigenvalue weighted by atomic mass is 32.1. The fourth-order valence-corrected chi connectivity index (χ4v) is 2.35. The van der Waals surface area contributed by atoms with Gasteiger partial charge in [-0.3, -0.25) is 4.79 Å². The molecule has 0 radical (unpaired) electrons. The molecule has 4 heteroatoms. The Labute approximate surface area is 104 Å². The van der Waals surface area contributed by atoms with Crippen molar-refractivity contribution in [3.63, 3.8) is 0 Å². The summed E-state index contributed by atoms with van der Waals surface area (Å²) in [4.78, 5) is 16.2. The van der Waals surface area contributed by atoms with Crippen LogP contribution in [0.1, 0.15) is 27.2 Å². The summed E-state index contributed by atoms with van der Waals surface area (Å²) in [7, 11) is 0. The van der Waals surface area contributed by atoms with Crippen molar-refractivity contribution in [3.05, 3.63) is 46.0 Å². The Balaban J connectivity index is 2.20. The first-order valence-electron chi connectivity index (χ1n) is 5.36. The van der Waals surface area contributed by atoms with Crippen LogP contribution < -0.4 is 5.73 Å². The van der Waals surface area contributed by atoms with Crippen LogP contribution in [0.2, 0.25) is 0 Å². The summed E-state index contributed by atoms with van der Waals surface area (Å²) in [6, 6.07) is 5.85. The molecule has 1 heterocycles. The first-order valence-corrected chi connectivity index (χ1v) is 6.24. The molecule has 3 nitrogen and oxygen atoms in total. The maximum absolute atomic E-state index is 12.1. The van der Waals surface area contributed by atoms with Crippen molar-refractivity contribution in [2.45, 2.75) is 20.3 Å². The van der Waals surface area contributed by atoms with E-state index in [1.807, 2.05) is 37.4 Å². The SMILES string of the molecule is Cc1ccc(C(=O)Cc2csc(N)n2)c(C)c1. The van der Waals surface area contributed by atoms with Crippen molar-refractivity contribution in [2.75, 3.05) is 5.73 Å². The topological polar surface area (TPSA) is 56.0 Å². The van der Waals surface area contributed by atoms with Crippen LogP contribution in [0.15, 0.2) is 23.6 Å². The van der Waals surface area contributed by atoms with Crippen LogP contribution in [0.4, 0.5) is 5.13 Å². The lowest BCUT2D eigenvalue weighted by atomic mass is 10.00. The number of nitrogens with zero attached hydrogens (tertiary/aromatic N) is 1. The third kappa shape index (κ3) is 2.71. The number of rotatable bonds is 3. The number of nitrogen functional groups attached to an aromatic ring is 1. The number of benzene rings is 1. The normalized spacial score (nSPS) is 10.5. The summed E-state index contributed by atoms with van der Waals surface area (Å²) in [6.45, 7) is 3.97. The molecule has 0 bridgehead atoms. The molecule has 2 N–H and O–H groups in total. The van der Waals surface area contributed by atoms with Gasteiger partial charge in [0.25, 0.3) is 0 Å². The number of aryl methyl sites for hydroxylation is 2. The number of thiazole rings is 1. The quantitative estimate of drug-likeness (QED) is 0.847. The van der Waals surface area contributed by atoms with Crippen LogP contribution in [-0.4, -0.2) is 10.8 Å². The minimum absolute atomic E-state index is 0.0906. The maximum Gasteiger partial charge on any atom is 0.180 e. The van der Waals surface area contributed by atoms with Crippen LogP contribution in [0.25, 0.3) is 0 Å². The summed E-state index contributed by atoms with van der Waals surface area (Å²) in [6.07, 6.45) is 0.317. The molecule has 0 atom stereocenters. The lowest BCUT2D eigenvalue weighted by Crippen LogP contribution is -2.06. The molecule has 0 aliphatic rings. The fourth-order valence-electron chi connectivity index (χ4n) is 1.79. The molecule has 0 fully saturated rings. The van der Waals surface area contributed by atoms with Crippen molar-refractivity contribution in [1.29, 1.82) is 0 Å². The molecule has 2 rings (SSSR count). The molecule has 17 heavy (non-hydrogen) atoms. The van der Waals surface area contributed by atoms with Gasteiger partial charge in [0.1, 0.15) is 0 Å². The van der Waals surface area contributed by atoms with Gasteiger partial charge < -0.3 is 5.73 Å². The fraction of sp³-hybridized carbons (Fsp3) is 0.231. The second kappa shape index (κ2) is 4.67. The Hall–Kier alpha value is -1.68. The predicted molar refractivity (Wildman–Crippen MR) is 70.5 cm³/mol. The number of aromatic nitrogens is 1. The highest BCUT2D eigenvalue weighted by Gasteiger charge is 2.11. The Morgan fingerprint density at radius 1 is 1.41 bits per heavy atom. The Morgan fingerprint density at radius 3 is 2.76 bits per heavy atom. The highest BCUT2D eigenvalue weighted by Crippen LogP contribution is 2.16. The molecule has 0 spiro atoms. The van der Waals surface area contributed by atoms with Crippen molar-refractivity contribution in [3.8, 4) is 0 Å². The number of anilines is 1. The summed E-state index contributed by atoms with van der Waals surface area (Å²) >= 11 is 1.36. The lowest BCUT2D eigenvalue weighted by molar-refractivity contribution is 0.0991. The third-order valence-electron chi connectivity index (χ3n) is 2.59. The summed E-state index contributed by atoms with van der Waals surface area (Å²) < 4.78 is 0. The Morgan fingerprint density at radius 2 is 2.18 bits per heavy atom. The Bertz CT molecular complexity index is 560. The van der Waals surface area contributed by atoms with Gasteiger partial charge in [0.15, 0.2) is 10.9 Å². The van der Waals surface area contributed by atoms with Gasteiger partial charge in [-0.1, -0.05) is 23.8 Å². The van der Waals surface area contributed by atoms with Gasteiger partial charge in [0, 0.05) is 10.9 Å². The smallest absolute Gasteiger partial charge is 0.180 e. The molecule has 0 aliphatic carbocycles. The zero-order valence-electron chi connectivity index (χ0n) is 9.86. The van der Waals surface area contributed by atoms with Crippen LogP contribution in [-0.2, 0) is 6.42 Å². The van der Waals surface area contributed by atoms with E-state index >= 15 is 0 Å². The number of carbonyl (C=O) groups is 1. The minimum atomic E-state index is 0.0906. The predicted octanol–water partition coefficient (Wildman–Crippen LogP) is 2.77. The average molecular weight is 246 g/mol. The first-order chi connectivity index (χ1) is 8.06. The lowest BCUT2D eigenvalue weighted by Gasteiger charge is -2.04. The summed E-state index contributed by atoms with van der Waals surface area (Å²) in [5.74, 6) is 0.0906.